The maximum atomic E-state index is 5.62. The van der Waals surface area contributed by atoms with Crippen LogP contribution >= 0.6 is 0 Å². The van der Waals surface area contributed by atoms with Gasteiger partial charge in [0.2, 0.25) is 0 Å². The molecule has 0 bridgehead atoms. The standard InChI is InChI=1S/C7H9N5/c1-9-6-3-2-5-7(8)10-4-11-12(5)6/h2-4,9H,1H3,(H2,8,10,11). The molecule has 5 nitrogen and oxygen atoms in total. The smallest absolute Gasteiger partial charge is 0.151 e. The van der Waals surface area contributed by atoms with Gasteiger partial charge in [-0.2, -0.15) is 5.10 Å². The molecule has 2 aromatic rings. The van der Waals surface area contributed by atoms with Gasteiger partial charge in [-0.05, 0) is 12.1 Å². The van der Waals surface area contributed by atoms with Crippen LogP contribution in [-0.2, 0) is 0 Å². The van der Waals surface area contributed by atoms with Gasteiger partial charge in [-0.1, -0.05) is 0 Å². The van der Waals surface area contributed by atoms with Gasteiger partial charge < -0.3 is 11.1 Å². The molecule has 0 amide bonds. The summed E-state index contributed by atoms with van der Waals surface area (Å²) in [6.45, 7) is 0. The highest BCUT2D eigenvalue weighted by molar-refractivity contribution is 5.68. The number of anilines is 2. The van der Waals surface area contributed by atoms with Crippen molar-refractivity contribution in [3.8, 4) is 0 Å². The number of aromatic nitrogens is 3. The average Bonchev–Trinajstić information content (AvgIpc) is 2.49. The zero-order chi connectivity index (χ0) is 8.55. The van der Waals surface area contributed by atoms with Crippen LogP contribution in [0.15, 0.2) is 18.5 Å². The lowest BCUT2D eigenvalue weighted by Crippen LogP contribution is -2.01. The Hall–Kier alpha value is -1.78. The van der Waals surface area contributed by atoms with Crippen LogP contribution in [-0.4, -0.2) is 21.6 Å². The van der Waals surface area contributed by atoms with Gasteiger partial charge in [0.05, 0.1) is 0 Å². The molecule has 3 N–H and O–H groups in total. The molecule has 0 aromatic carbocycles. The summed E-state index contributed by atoms with van der Waals surface area (Å²) in [4.78, 5) is 3.87. The number of rotatable bonds is 1. The predicted octanol–water partition coefficient (Wildman–Crippen LogP) is 0.353. The summed E-state index contributed by atoms with van der Waals surface area (Å²) in [6, 6.07) is 3.78. The van der Waals surface area contributed by atoms with Gasteiger partial charge in [-0.15, -0.1) is 0 Å². The summed E-state index contributed by atoms with van der Waals surface area (Å²) in [5.74, 6) is 1.39. The summed E-state index contributed by atoms with van der Waals surface area (Å²) in [6.07, 6.45) is 1.43. The molecule has 0 saturated heterocycles. The molecule has 0 unspecified atom stereocenters. The third kappa shape index (κ3) is 0.795. The summed E-state index contributed by atoms with van der Waals surface area (Å²) < 4.78 is 1.71. The first kappa shape index (κ1) is 6.90. The highest BCUT2D eigenvalue weighted by Crippen LogP contribution is 2.15. The third-order valence-electron chi connectivity index (χ3n) is 1.74. The van der Waals surface area contributed by atoms with Crippen molar-refractivity contribution in [1.29, 1.82) is 0 Å². The van der Waals surface area contributed by atoms with Crippen LogP contribution in [0.5, 0.6) is 0 Å². The van der Waals surface area contributed by atoms with E-state index in [0.717, 1.165) is 11.3 Å². The van der Waals surface area contributed by atoms with Crippen molar-refractivity contribution in [2.45, 2.75) is 0 Å². The second kappa shape index (κ2) is 2.37. The minimum Gasteiger partial charge on any atom is -0.382 e. The Balaban J connectivity index is 2.80. The fraction of sp³-hybridized carbons (Fsp3) is 0.143. The quantitative estimate of drug-likeness (QED) is 0.636. The van der Waals surface area contributed by atoms with Crippen molar-refractivity contribution >= 4 is 17.2 Å². The lowest BCUT2D eigenvalue weighted by atomic mass is 10.5. The molecule has 0 aliphatic heterocycles. The molecule has 0 aliphatic rings. The fourth-order valence-electron chi connectivity index (χ4n) is 1.14. The van der Waals surface area contributed by atoms with E-state index in [0.29, 0.717) is 5.82 Å². The van der Waals surface area contributed by atoms with Crippen molar-refractivity contribution in [3.63, 3.8) is 0 Å². The third-order valence-corrected chi connectivity index (χ3v) is 1.74. The van der Waals surface area contributed by atoms with Gasteiger partial charge in [-0.3, -0.25) is 0 Å². The Morgan fingerprint density at radius 2 is 2.33 bits per heavy atom. The SMILES string of the molecule is CNc1ccc2c(N)ncnn12. The number of nitrogens with zero attached hydrogens (tertiary/aromatic N) is 3. The number of nitrogen functional groups attached to an aromatic ring is 1. The van der Waals surface area contributed by atoms with Gasteiger partial charge in [-0.25, -0.2) is 9.50 Å². The number of nitrogens with two attached hydrogens (primary N) is 1. The van der Waals surface area contributed by atoms with E-state index in [4.69, 9.17) is 5.73 Å². The van der Waals surface area contributed by atoms with E-state index in [9.17, 15) is 0 Å². The van der Waals surface area contributed by atoms with Crippen molar-refractivity contribution < 1.29 is 0 Å². The largest absolute Gasteiger partial charge is 0.382 e. The van der Waals surface area contributed by atoms with Crippen LogP contribution in [0.3, 0.4) is 0 Å². The Morgan fingerprint density at radius 3 is 3.08 bits per heavy atom. The topological polar surface area (TPSA) is 68.2 Å². The molecule has 62 valence electrons. The van der Waals surface area contributed by atoms with Gasteiger partial charge >= 0.3 is 0 Å². The molecular weight excluding hydrogens is 154 g/mol. The number of nitrogens with one attached hydrogen (secondary N) is 1. The van der Waals surface area contributed by atoms with Crippen LogP contribution in [0.1, 0.15) is 0 Å². The number of hydrogen-bond donors (Lipinski definition) is 2. The Labute approximate surface area is 69.2 Å². The van der Waals surface area contributed by atoms with Crippen LogP contribution in [0.25, 0.3) is 5.52 Å². The maximum Gasteiger partial charge on any atom is 0.151 e. The number of fused-ring (bicyclic) bond motifs is 1. The van der Waals surface area contributed by atoms with Crippen molar-refractivity contribution in [2.24, 2.45) is 0 Å². The lowest BCUT2D eigenvalue weighted by Gasteiger charge is -1.99. The summed E-state index contributed by atoms with van der Waals surface area (Å²) in [7, 11) is 1.83. The molecule has 5 heteroatoms. The fourth-order valence-corrected chi connectivity index (χ4v) is 1.14. The minimum absolute atomic E-state index is 0.492. The van der Waals surface area contributed by atoms with E-state index >= 15 is 0 Å². The van der Waals surface area contributed by atoms with Crippen LogP contribution < -0.4 is 11.1 Å². The first-order valence-electron chi connectivity index (χ1n) is 3.59. The Kier molecular flexibility index (Phi) is 1.36. The molecule has 2 rings (SSSR count). The molecule has 12 heavy (non-hydrogen) atoms. The van der Waals surface area contributed by atoms with Gasteiger partial charge in [0.15, 0.2) is 5.82 Å². The highest BCUT2D eigenvalue weighted by Gasteiger charge is 2.02. The minimum atomic E-state index is 0.492. The first-order chi connectivity index (χ1) is 5.83. The highest BCUT2D eigenvalue weighted by atomic mass is 15.3. The van der Waals surface area contributed by atoms with E-state index < -0.39 is 0 Å². The van der Waals surface area contributed by atoms with Crippen molar-refractivity contribution in [1.82, 2.24) is 14.6 Å². The first-order valence-corrected chi connectivity index (χ1v) is 3.59. The second-order valence-electron chi connectivity index (χ2n) is 2.41. The Morgan fingerprint density at radius 1 is 1.50 bits per heavy atom. The molecule has 2 aromatic heterocycles. The summed E-state index contributed by atoms with van der Waals surface area (Å²) in [5.41, 5.74) is 6.45. The molecule has 2 heterocycles. The molecule has 0 fully saturated rings. The van der Waals surface area contributed by atoms with Gasteiger partial charge in [0.1, 0.15) is 17.7 Å². The molecule has 0 aliphatic carbocycles. The molecule has 0 radical (unpaired) electrons. The van der Waals surface area contributed by atoms with Crippen LogP contribution in [0.4, 0.5) is 11.6 Å². The van der Waals surface area contributed by atoms with Crippen molar-refractivity contribution in [2.75, 3.05) is 18.1 Å². The molecule has 0 spiro atoms. The van der Waals surface area contributed by atoms with E-state index in [1.54, 1.807) is 4.52 Å². The van der Waals surface area contributed by atoms with Gasteiger partial charge in [0.25, 0.3) is 0 Å². The van der Waals surface area contributed by atoms with Crippen molar-refractivity contribution in [3.05, 3.63) is 18.5 Å². The maximum absolute atomic E-state index is 5.62. The van der Waals surface area contributed by atoms with E-state index in [1.165, 1.54) is 6.33 Å². The monoisotopic (exact) mass is 163 g/mol. The Bertz CT molecular complexity index is 405. The van der Waals surface area contributed by atoms with Gasteiger partial charge in [0, 0.05) is 7.05 Å². The zero-order valence-electron chi connectivity index (χ0n) is 6.65. The summed E-state index contributed by atoms with van der Waals surface area (Å²) >= 11 is 0. The molecule has 0 atom stereocenters. The normalized spacial score (nSPS) is 10.4. The van der Waals surface area contributed by atoms with E-state index in [-0.39, 0.29) is 0 Å². The number of hydrogen-bond acceptors (Lipinski definition) is 4. The summed E-state index contributed by atoms with van der Waals surface area (Å²) in [5, 5.41) is 7.03. The lowest BCUT2D eigenvalue weighted by molar-refractivity contribution is 0.911. The van der Waals surface area contributed by atoms with E-state index in [1.807, 2.05) is 19.2 Å². The molecule has 0 saturated carbocycles. The molecular formula is C7H9N5. The second-order valence-corrected chi connectivity index (χ2v) is 2.41. The zero-order valence-corrected chi connectivity index (χ0v) is 6.65. The average molecular weight is 163 g/mol. The van der Waals surface area contributed by atoms with Crippen LogP contribution in [0, 0.1) is 0 Å². The predicted molar refractivity (Wildman–Crippen MR) is 46.9 cm³/mol. The van der Waals surface area contributed by atoms with Crippen LogP contribution in [0.2, 0.25) is 0 Å². The van der Waals surface area contributed by atoms with E-state index in [2.05, 4.69) is 15.4 Å².